The van der Waals surface area contributed by atoms with Crippen LogP contribution in [0.25, 0.3) is 11.0 Å². The Labute approximate surface area is 176 Å². The van der Waals surface area contributed by atoms with Gasteiger partial charge in [0, 0.05) is 25.3 Å². The SMILES string of the molecule is CCCCCCOc1ccc(C(=O)Nc2ccc3c(c2)n(C)c(=O)n3C)cc1OC. The summed E-state index contributed by atoms with van der Waals surface area (Å²) in [6, 6.07) is 10.5. The number of nitrogens with one attached hydrogen (secondary N) is 1. The number of anilines is 1. The van der Waals surface area contributed by atoms with Gasteiger partial charge in [-0.1, -0.05) is 26.2 Å². The molecule has 2 aromatic carbocycles. The quantitative estimate of drug-likeness (QED) is 0.538. The van der Waals surface area contributed by atoms with Crippen LogP contribution in [0.4, 0.5) is 5.69 Å². The second-order valence-electron chi connectivity index (χ2n) is 7.33. The molecule has 1 aromatic heterocycles. The van der Waals surface area contributed by atoms with Gasteiger partial charge in [-0.25, -0.2) is 4.79 Å². The lowest BCUT2D eigenvalue weighted by molar-refractivity contribution is 0.102. The minimum Gasteiger partial charge on any atom is -0.493 e. The molecular weight excluding hydrogens is 382 g/mol. The van der Waals surface area contributed by atoms with Crippen molar-refractivity contribution in [3.05, 3.63) is 52.4 Å². The molecular formula is C23H29N3O4. The second kappa shape index (κ2) is 9.52. The zero-order valence-corrected chi connectivity index (χ0v) is 18.0. The number of fused-ring (bicyclic) bond motifs is 1. The number of imidazole rings is 1. The number of carbonyl (C=O) groups excluding carboxylic acids is 1. The molecule has 0 spiro atoms. The van der Waals surface area contributed by atoms with Gasteiger partial charge in [0.1, 0.15) is 0 Å². The van der Waals surface area contributed by atoms with Gasteiger partial charge in [-0.3, -0.25) is 13.9 Å². The van der Waals surface area contributed by atoms with Crippen LogP contribution in [0.1, 0.15) is 43.0 Å². The van der Waals surface area contributed by atoms with E-state index in [0.717, 1.165) is 23.9 Å². The Morgan fingerprint density at radius 2 is 1.73 bits per heavy atom. The van der Waals surface area contributed by atoms with E-state index in [0.29, 0.717) is 29.4 Å². The number of ether oxygens (including phenoxy) is 2. The third-order valence-electron chi connectivity index (χ3n) is 5.21. The van der Waals surface area contributed by atoms with E-state index in [1.54, 1.807) is 60.7 Å². The van der Waals surface area contributed by atoms with E-state index in [2.05, 4.69) is 12.2 Å². The molecule has 0 unspecified atom stereocenters. The molecule has 30 heavy (non-hydrogen) atoms. The lowest BCUT2D eigenvalue weighted by Gasteiger charge is -2.12. The first-order valence-electron chi connectivity index (χ1n) is 10.2. The topological polar surface area (TPSA) is 74.5 Å². The molecule has 160 valence electrons. The lowest BCUT2D eigenvalue weighted by atomic mass is 10.1. The summed E-state index contributed by atoms with van der Waals surface area (Å²) >= 11 is 0. The number of methoxy groups -OCH3 is 1. The smallest absolute Gasteiger partial charge is 0.328 e. The Bertz CT molecular complexity index is 1100. The zero-order valence-electron chi connectivity index (χ0n) is 18.0. The zero-order chi connectivity index (χ0) is 21.7. The van der Waals surface area contributed by atoms with E-state index in [1.807, 2.05) is 6.07 Å². The van der Waals surface area contributed by atoms with Crippen molar-refractivity contribution in [1.29, 1.82) is 0 Å². The first-order valence-corrected chi connectivity index (χ1v) is 10.2. The minimum atomic E-state index is -0.261. The van der Waals surface area contributed by atoms with E-state index in [4.69, 9.17) is 9.47 Å². The summed E-state index contributed by atoms with van der Waals surface area (Å²) in [4.78, 5) is 24.8. The monoisotopic (exact) mass is 411 g/mol. The molecule has 0 atom stereocenters. The van der Waals surface area contributed by atoms with Crippen LogP contribution in [0.3, 0.4) is 0 Å². The van der Waals surface area contributed by atoms with Crippen LogP contribution in [-0.2, 0) is 14.1 Å². The average Bonchev–Trinajstić information content (AvgIpc) is 2.97. The molecule has 1 amide bonds. The molecule has 0 radical (unpaired) electrons. The van der Waals surface area contributed by atoms with Crippen LogP contribution < -0.4 is 20.5 Å². The highest BCUT2D eigenvalue weighted by atomic mass is 16.5. The largest absolute Gasteiger partial charge is 0.493 e. The van der Waals surface area contributed by atoms with Gasteiger partial charge in [0.25, 0.3) is 5.91 Å². The van der Waals surface area contributed by atoms with Gasteiger partial charge in [0.05, 0.1) is 24.8 Å². The average molecular weight is 412 g/mol. The molecule has 1 N–H and O–H groups in total. The molecule has 0 aliphatic heterocycles. The van der Waals surface area contributed by atoms with Crippen molar-refractivity contribution in [2.24, 2.45) is 14.1 Å². The predicted molar refractivity (Wildman–Crippen MR) is 119 cm³/mol. The summed E-state index contributed by atoms with van der Waals surface area (Å²) in [6.45, 7) is 2.80. The number of nitrogens with zero attached hydrogens (tertiary/aromatic N) is 2. The molecule has 1 heterocycles. The van der Waals surface area contributed by atoms with Crippen LogP contribution in [0.15, 0.2) is 41.2 Å². The standard InChI is InChI=1S/C23H29N3O4/c1-5-6-7-8-13-30-20-12-9-16(14-21(20)29-4)22(27)24-17-10-11-18-19(15-17)26(3)23(28)25(18)2/h9-12,14-15H,5-8,13H2,1-4H3,(H,24,27). The first-order chi connectivity index (χ1) is 14.5. The van der Waals surface area contributed by atoms with Gasteiger partial charge >= 0.3 is 5.69 Å². The van der Waals surface area contributed by atoms with Crippen molar-refractivity contribution in [1.82, 2.24) is 9.13 Å². The molecule has 0 bridgehead atoms. The van der Waals surface area contributed by atoms with Gasteiger partial charge < -0.3 is 14.8 Å². The molecule has 0 aliphatic rings. The van der Waals surface area contributed by atoms with E-state index in [-0.39, 0.29) is 11.6 Å². The number of unbranched alkanes of at least 4 members (excludes halogenated alkanes) is 3. The second-order valence-corrected chi connectivity index (χ2v) is 7.33. The maximum Gasteiger partial charge on any atom is 0.328 e. The summed E-state index contributed by atoms with van der Waals surface area (Å²) in [6.07, 6.45) is 4.50. The molecule has 3 rings (SSSR count). The third kappa shape index (κ3) is 4.50. The summed E-state index contributed by atoms with van der Waals surface area (Å²) in [5.74, 6) is 0.897. The Morgan fingerprint density at radius 3 is 2.47 bits per heavy atom. The van der Waals surface area contributed by atoms with Crippen molar-refractivity contribution < 1.29 is 14.3 Å². The van der Waals surface area contributed by atoms with Gasteiger partial charge in [-0.05, 0) is 42.8 Å². The van der Waals surface area contributed by atoms with Crippen LogP contribution >= 0.6 is 0 Å². The summed E-state index contributed by atoms with van der Waals surface area (Å²) in [7, 11) is 5.00. The lowest BCUT2D eigenvalue weighted by Crippen LogP contribution is -2.19. The van der Waals surface area contributed by atoms with Crippen molar-refractivity contribution in [2.75, 3.05) is 19.0 Å². The van der Waals surface area contributed by atoms with E-state index in [9.17, 15) is 9.59 Å². The highest BCUT2D eigenvalue weighted by Crippen LogP contribution is 2.29. The van der Waals surface area contributed by atoms with Crippen LogP contribution in [-0.4, -0.2) is 28.8 Å². The van der Waals surface area contributed by atoms with Crippen molar-refractivity contribution in [3.8, 4) is 11.5 Å². The van der Waals surface area contributed by atoms with Crippen molar-refractivity contribution in [3.63, 3.8) is 0 Å². The van der Waals surface area contributed by atoms with Gasteiger partial charge in [0.15, 0.2) is 11.5 Å². The Kier molecular flexibility index (Phi) is 6.82. The Morgan fingerprint density at radius 1 is 0.967 bits per heavy atom. The molecule has 0 saturated heterocycles. The first kappa shape index (κ1) is 21.5. The molecule has 0 fully saturated rings. The van der Waals surface area contributed by atoms with Crippen LogP contribution in [0.5, 0.6) is 11.5 Å². The fourth-order valence-corrected chi connectivity index (χ4v) is 3.43. The number of hydrogen-bond donors (Lipinski definition) is 1. The molecule has 0 saturated carbocycles. The number of rotatable bonds is 9. The highest BCUT2D eigenvalue weighted by molar-refractivity contribution is 6.05. The Hall–Kier alpha value is -3.22. The molecule has 3 aromatic rings. The summed E-state index contributed by atoms with van der Waals surface area (Å²) in [5, 5.41) is 2.88. The summed E-state index contributed by atoms with van der Waals surface area (Å²) < 4.78 is 14.4. The maximum atomic E-state index is 12.7. The van der Waals surface area contributed by atoms with Crippen LogP contribution in [0.2, 0.25) is 0 Å². The normalized spacial score (nSPS) is 10.9. The maximum absolute atomic E-state index is 12.7. The molecule has 7 heteroatoms. The fourth-order valence-electron chi connectivity index (χ4n) is 3.43. The van der Waals surface area contributed by atoms with Crippen molar-refractivity contribution >= 4 is 22.6 Å². The Balaban J connectivity index is 1.73. The number of benzene rings is 2. The highest BCUT2D eigenvalue weighted by Gasteiger charge is 2.13. The van der Waals surface area contributed by atoms with Crippen LogP contribution in [0, 0.1) is 0 Å². The number of hydrogen-bond acceptors (Lipinski definition) is 4. The van der Waals surface area contributed by atoms with Gasteiger partial charge in [0.2, 0.25) is 0 Å². The number of aromatic nitrogens is 2. The van der Waals surface area contributed by atoms with Gasteiger partial charge in [-0.15, -0.1) is 0 Å². The van der Waals surface area contributed by atoms with E-state index >= 15 is 0 Å². The van der Waals surface area contributed by atoms with Gasteiger partial charge in [-0.2, -0.15) is 0 Å². The predicted octanol–water partition coefficient (Wildman–Crippen LogP) is 4.10. The van der Waals surface area contributed by atoms with E-state index in [1.165, 1.54) is 12.8 Å². The molecule has 0 aliphatic carbocycles. The fraction of sp³-hybridized carbons (Fsp3) is 0.391. The number of aryl methyl sites for hydroxylation is 2. The number of amides is 1. The van der Waals surface area contributed by atoms with Crippen molar-refractivity contribution in [2.45, 2.75) is 32.6 Å². The minimum absolute atomic E-state index is 0.108. The third-order valence-corrected chi connectivity index (χ3v) is 5.21. The van der Waals surface area contributed by atoms with E-state index < -0.39 is 0 Å². The number of carbonyl (C=O) groups is 1. The summed E-state index contributed by atoms with van der Waals surface area (Å²) in [5.41, 5.74) is 2.53. The molecule has 7 nitrogen and oxygen atoms in total.